The van der Waals surface area contributed by atoms with Gasteiger partial charge in [-0.25, -0.2) is 9.37 Å². The number of hydrogen-bond acceptors (Lipinski definition) is 3. The number of anilines is 1. The topological polar surface area (TPSA) is 48.1 Å². The van der Waals surface area contributed by atoms with Crippen molar-refractivity contribution in [1.82, 2.24) is 4.98 Å². The Morgan fingerprint density at radius 3 is 2.65 bits per heavy atom. The Labute approximate surface area is 114 Å². The normalized spacial score (nSPS) is 10.3. The maximum Gasteiger partial charge on any atom is 0.233 e. The van der Waals surface area contributed by atoms with E-state index >= 15 is 0 Å². The van der Waals surface area contributed by atoms with Gasteiger partial charge in [0.25, 0.3) is 0 Å². The van der Waals surface area contributed by atoms with Crippen molar-refractivity contribution in [3.63, 3.8) is 0 Å². The summed E-state index contributed by atoms with van der Waals surface area (Å²) >= 11 is 6.55. The molecule has 0 spiro atoms. The number of ether oxygens (including phenoxy) is 1. The van der Waals surface area contributed by atoms with Gasteiger partial charge in [0.2, 0.25) is 5.88 Å². The molecule has 0 amide bonds. The number of nitrogens with two attached hydrogens (primary N) is 1. The van der Waals surface area contributed by atoms with Crippen molar-refractivity contribution < 1.29 is 9.13 Å². The SMILES string of the molecule is Nc1ccc(Oc2ncc(Br)cc2Br)c(F)c1. The van der Waals surface area contributed by atoms with Gasteiger partial charge < -0.3 is 10.5 Å². The standard InChI is InChI=1S/C11H7Br2FN2O/c12-6-3-8(13)11(16-5-6)17-10-2-1-7(15)4-9(10)14/h1-5H,15H2. The van der Waals surface area contributed by atoms with E-state index in [2.05, 4.69) is 36.8 Å². The lowest BCUT2D eigenvalue weighted by atomic mass is 10.3. The lowest BCUT2D eigenvalue weighted by Gasteiger charge is -2.07. The molecule has 3 nitrogen and oxygen atoms in total. The van der Waals surface area contributed by atoms with Crippen LogP contribution in [0.5, 0.6) is 11.6 Å². The van der Waals surface area contributed by atoms with Gasteiger partial charge in [0.15, 0.2) is 11.6 Å². The lowest BCUT2D eigenvalue weighted by molar-refractivity contribution is 0.425. The fourth-order valence-electron chi connectivity index (χ4n) is 1.18. The minimum Gasteiger partial charge on any atom is -0.435 e. The van der Waals surface area contributed by atoms with E-state index in [9.17, 15) is 4.39 Å². The van der Waals surface area contributed by atoms with Crippen LogP contribution in [0.1, 0.15) is 0 Å². The molecule has 2 rings (SSSR count). The quantitative estimate of drug-likeness (QED) is 0.818. The monoisotopic (exact) mass is 360 g/mol. The van der Waals surface area contributed by atoms with Crippen LogP contribution in [0, 0.1) is 5.82 Å². The van der Waals surface area contributed by atoms with E-state index < -0.39 is 5.82 Å². The van der Waals surface area contributed by atoms with Crippen molar-refractivity contribution in [2.24, 2.45) is 0 Å². The molecule has 0 atom stereocenters. The molecule has 1 aromatic carbocycles. The molecule has 0 aliphatic carbocycles. The second kappa shape index (κ2) is 5.01. The zero-order valence-corrected chi connectivity index (χ0v) is 11.6. The molecule has 0 saturated carbocycles. The number of nitrogens with zero attached hydrogens (tertiary/aromatic N) is 1. The van der Waals surface area contributed by atoms with E-state index in [1.807, 2.05) is 0 Å². The second-order valence-corrected chi connectivity index (χ2v) is 5.00. The molecule has 1 heterocycles. The largest absolute Gasteiger partial charge is 0.435 e. The van der Waals surface area contributed by atoms with Gasteiger partial charge in [0.05, 0.1) is 4.47 Å². The van der Waals surface area contributed by atoms with E-state index in [0.29, 0.717) is 10.2 Å². The Morgan fingerprint density at radius 1 is 1.24 bits per heavy atom. The number of nitrogen functional groups attached to an aromatic ring is 1. The molecule has 0 unspecified atom stereocenters. The van der Waals surface area contributed by atoms with Gasteiger partial charge in [-0.1, -0.05) is 0 Å². The maximum atomic E-state index is 13.5. The zero-order chi connectivity index (χ0) is 12.4. The van der Waals surface area contributed by atoms with Crippen LogP contribution in [0.4, 0.5) is 10.1 Å². The predicted octanol–water partition coefficient (Wildman–Crippen LogP) is 4.12. The Kier molecular flexibility index (Phi) is 3.63. The Bertz CT molecular complexity index is 514. The highest BCUT2D eigenvalue weighted by Gasteiger charge is 2.09. The van der Waals surface area contributed by atoms with Crippen LogP contribution in [0.15, 0.2) is 39.4 Å². The molecule has 0 saturated heterocycles. The van der Waals surface area contributed by atoms with Crippen LogP contribution in [0.3, 0.4) is 0 Å². The summed E-state index contributed by atoms with van der Waals surface area (Å²) < 4.78 is 20.3. The second-order valence-electron chi connectivity index (χ2n) is 3.23. The average molecular weight is 362 g/mol. The van der Waals surface area contributed by atoms with Crippen molar-refractivity contribution in [3.05, 3.63) is 45.2 Å². The van der Waals surface area contributed by atoms with E-state index in [0.717, 1.165) is 4.47 Å². The van der Waals surface area contributed by atoms with Crippen LogP contribution in [0.25, 0.3) is 0 Å². The summed E-state index contributed by atoms with van der Waals surface area (Å²) in [7, 11) is 0. The number of halogens is 3. The van der Waals surface area contributed by atoms with Crippen molar-refractivity contribution in [2.75, 3.05) is 5.73 Å². The molecule has 2 aromatic rings. The molecule has 6 heteroatoms. The smallest absolute Gasteiger partial charge is 0.233 e. The molecule has 0 bridgehead atoms. The third kappa shape index (κ3) is 2.95. The van der Waals surface area contributed by atoms with Crippen molar-refractivity contribution in [1.29, 1.82) is 0 Å². The summed E-state index contributed by atoms with van der Waals surface area (Å²) in [6, 6.07) is 5.98. The van der Waals surface area contributed by atoms with E-state index in [1.54, 1.807) is 18.3 Å². The highest BCUT2D eigenvalue weighted by atomic mass is 79.9. The van der Waals surface area contributed by atoms with Crippen molar-refractivity contribution in [2.45, 2.75) is 0 Å². The van der Waals surface area contributed by atoms with E-state index in [4.69, 9.17) is 10.5 Å². The first-order chi connectivity index (χ1) is 8.06. The lowest BCUT2D eigenvalue weighted by Crippen LogP contribution is -1.93. The molecule has 88 valence electrons. The number of aromatic nitrogens is 1. The van der Waals surface area contributed by atoms with Gasteiger partial charge in [-0.3, -0.25) is 0 Å². The first-order valence-corrected chi connectivity index (χ1v) is 6.19. The molecular weight excluding hydrogens is 355 g/mol. The molecular formula is C11H7Br2FN2O. The van der Waals surface area contributed by atoms with E-state index in [-0.39, 0.29) is 11.6 Å². The number of rotatable bonds is 2. The van der Waals surface area contributed by atoms with Gasteiger partial charge in [0, 0.05) is 22.4 Å². The van der Waals surface area contributed by atoms with Crippen LogP contribution in [-0.2, 0) is 0 Å². The number of benzene rings is 1. The van der Waals surface area contributed by atoms with Crippen molar-refractivity contribution in [3.8, 4) is 11.6 Å². The summed E-state index contributed by atoms with van der Waals surface area (Å²) in [5, 5.41) is 0. The molecule has 0 radical (unpaired) electrons. The highest BCUT2D eigenvalue weighted by molar-refractivity contribution is 9.11. The van der Waals surface area contributed by atoms with Gasteiger partial charge in [-0.2, -0.15) is 0 Å². The summed E-state index contributed by atoms with van der Waals surface area (Å²) in [6.07, 6.45) is 1.56. The van der Waals surface area contributed by atoms with Crippen LogP contribution >= 0.6 is 31.9 Å². The molecule has 1 aromatic heterocycles. The van der Waals surface area contributed by atoms with Crippen LogP contribution in [0.2, 0.25) is 0 Å². The molecule has 17 heavy (non-hydrogen) atoms. The predicted molar refractivity (Wildman–Crippen MR) is 70.5 cm³/mol. The van der Waals surface area contributed by atoms with Gasteiger partial charge in [0.1, 0.15) is 0 Å². The highest BCUT2D eigenvalue weighted by Crippen LogP contribution is 2.31. The van der Waals surface area contributed by atoms with Crippen LogP contribution < -0.4 is 10.5 Å². The van der Waals surface area contributed by atoms with Gasteiger partial charge >= 0.3 is 0 Å². The fraction of sp³-hybridized carbons (Fsp3) is 0. The summed E-state index contributed by atoms with van der Waals surface area (Å²) in [5.74, 6) is -0.159. The molecule has 0 aliphatic heterocycles. The fourth-order valence-corrected chi connectivity index (χ4v) is 2.25. The van der Waals surface area contributed by atoms with Gasteiger partial charge in [-0.15, -0.1) is 0 Å². The first kappa shape index (κ1) is 12.3. The minimum absolute atomic E-state index is 0.0784. The summed E-state index contributed by atoms with van der Waals surface area (Å²) in [5.41, 5.74) is 5.79. The number of hydrogen-bond donors (Lipinski definition) is 1. The Hall–Kier alpha value is -1.14. The van der Waals surface area contributed by atoms with E-state index in [1.165, 1.54) is 12.1 Å². The Morgan fingerprint density at radius 2 is 2.00 bits per heavy atom. The third-order valence-electron chi connectivity index (χ3n) is 1.94. The Balaban J connectivity index is 2.31. The first-order valence-electron chi connectivity index (χ1n) is 4.60. The third-order valence-corrected chi connectivity index (χ3v) is 2.94. The summed E-state index contributed by atoms with van der Waals surface area (Å²) in [4.78, 5) is 4.02. The van der Waals surface area contributed by atoms with Gasteiger partial charge in [-0.05, 0) is 50.1 Å². The van der Waals surface area contributed by atoms with Crippen molar-refractivity contribution >= 4 is 37.5 Å². The average Bonchev–Trinajstić information content (AvgIpc) is 2.25. The maximum absolute atomic E-state index is 13.5. The summed E-state index contributed by atoms with van der Waals surface area (Å²) in [6.45, 7) is 0. The number of pyridine rings is 1. The molecule has 2 N–H and O–H groups in total. The zero-order valence-electron chi connectivity index (χ0n) is 8.45. The van der Waals surface area contributed by atoms with Crippen LogP contribution in [-0.4, -0.2) is 4.98 Å². The molecule has 0 aliphatic rings. The minimum atomic E-state index is -0.526. The molecule has 0 fully saturated rings.